The summed E-state index contributed by atoms with van der Waals surface area (Å²) in [7, 11) is 1.61. The van der Waals surface area contributed by atoms with E-state index in [-0.39, 0.29) is 0 Å². The van der Waals surface area contributed by atoms with Crippen molar-refractivity contribution in [3.63, 3.8) is 0 Å². The van der Waals surface area contributed by atoms with Crippen molar-refractivity contribution in [1.29, 1.82) is 0 Å². The zero-order valence-corrected chi connectivity index (χ0v) is 16.6. The Balaban J connectivity index is 1.79. The number of nitrogens with zero attached hydrogens (tertiary/aromatic N) is 2. The Labute approximate surface area is 162 Å². The molecule has 0 radical (unpaired) electrons. The minimum atomic E-state index is -0.673. The quantitative estimate of drug-likeness (QED) is 0.743. The Kier molecular flexibility index (Phi) is 6.05. The molecule has 0 aliphatic carbocycles. The Bertz CT molecular complexity index is 830. The molecule has 2 aromatic rings. The molecule has 7 nitrogen and oxygen atoms in total. The van der Waals surface area contributed by atoms with Crippen LogP contribution in [0.2, 0.25) is 0 Å². The highest BCUT2D eigenvalue weighted by atomic mass is 32.2. The van der Waals surface area contributed by atoms with Crippen LogP contribution in [0.5, 0.6) is 5.75 Å². The third kappa shape index (κ3) is 4.44. The summed E-state index contributed by atoms with van der Waals surface area (Å²) in [4.78, 5) is 24.5. The number of nitrogens with one attached hydrogen (secondary N) is 2. The number of carbonyl (C=O) groups is 2. The maximum absolute atomic E-state index is 12.4. The summed E-state index contributed by atoms with van der Waals surface area (Å²) in [5.74, 6) is 2.02. The fraction of sp³-hybridized carbons (Fsp3) is 0.421. The zero-order chi connectivity index (χ0) is 19.4. The standard InChI is InChI=1S/C19H24N4O3S/c1-12(2)8-9-20-18(24)19(25)21-17-15-10-27-11-16(15)22-23(17)13-4-6-14(26-3)7-5-13/h4-7,12H,8-11H2,1-3H3,(H,20,24)(H,21,25). The van der Waals surface area contributed by atoms with Crippen LogP contribution in [0, 0.1) is 5.92 Å². The Morgan fingerprint density at radius 2 is 1.96 bits per heavy atom. The van der Waals surface area contributed by atoms with Gasteiger partial charge in [0.05, 0.1) is 18.5 Å². The van der Waals surface area contributed by atoms with Crippen LogP contribution in [0.25, 0.3) is 5.69 Å². The molecule has 2 amide bonds. The molecule has 0 spiro atoms. The molecule has 0 unspecified atom stereocenters. The highest BCUT2D eigenvalue weighted by Gasteiger charge is 2.26. The maximum atomic E-state index is 12.4. The van der Waals surface area contributed by atoms with E-state index in [1.807, 2.05) is 24.3 Å². The van der Waals surface area contributed by atoms with Gasteiger partial charge in [-0.25, -0.2) is 4.68 Å². The second-order valence-electron chi connectivity index (χ2n) is 6.77. The van der Waals surface area contributed by atoms with Gasteiger partial charge in [-0.3, -0.25) is 9.59 Å². The van der Waals surface area contributed by atoms with Gasteiger partial charge in [-0.05, 0) is 36.6 Å². The van der Waals surface area contributed by atoms with Gasteiger partial charge in [0.15, 0.2) is 0 Å². The number of benzene rings is 1. The summed E-state index contributed by atoms with van der Waals surface area (Å²) in [5, 5.41) is 10.0. The van der Waals surface area contributed by atoms with Crippen LogP contribution in [0.4, 0.5) is 5.82 Å². The number of anilines is 1. The van der Waals surface area contributed by atoms with E-state index in [9.17, 15) is 9.59 Å². The van der Waals surface area contributed by atoms with Gasteiger partial charge in [0.2, 0.25) is 0 Å². The van der Waals surface area contributed by atoms with Crippen molar-refractivity contribution < 1.29 is 14.3 Å². The molecule has 0 bridgehead atoms. The van der Waals surface area contributed by atoms with E-state index < -0.39 is 11.8 Å². The third-order valence-electron chi connectivity index (χ3n) is 4.31. The molecule has 144 valence electrons. The molecule has 1 aromatic carbocycles. The van der Waals surface area contributed by atoms with E-state index in [1.54, 1.807) is 23.6 Å². The van der Waals surface area contributed by atoms with E-state index in [0.717, 1.165) is 40.6 Å². The minimum Gasteiger partial charge on any atom is -0.497 e. The van der Waals surface area contributed by atoms with Crippen LogP contribution >= 0.6 is 11.8 Å². The van der Waals surface area contributed by atoms with Crippen molar-refractivity contribution in [3.05, 3.63) is 35.5 Å². The molecule has 1 aliphatic heterocycles. The molecule has 0 saturated carbocycles. The molecular formula is C19H24N4O3S. The van der Waals surface area contributed by atoms with Crippen LogP contribution in [-0.2, 0) is 21.1 Å². The van der Waals surface area contributed by atoms with Crippen molar-refractivity contribution in [2.45, 2.75) is 31.8 Å². The summed E-state index contributed by atoms with van der Waals surface area (Å²) in [6.45, 7) is 4.62. The van der Waals surface area contributed by atoms with Gasteiger partial charge < -0.3 is 15.4 Å². The number of aromatic nitrogens is 2. The minimum absolute atomic E-state index is 0.463. The zero-order valence-electron chi connectivity index (χ0n) is 15.7. The predicted octanol–water partition coefficient (Wildman–Crippen LogP) is 2.73. The van der Waals surface area contributed by atoms with Gasteiger partial charge in [-0.2, -0.15) is 16.9 Å². The average molecular weight is 388 g/mol. The summed E-state index contributed by atoms with van der Waals surface area (Å²) in [6, 6.07) is 7.40. The van der Waals surface area contributed by atoms with E-state index in [1.165, 1.54) is 0 Å². The molecule has 8 heteroatoms. The predicted molar refractivity (Wildman–Crippen MR) is 106 cm³/mol. The number of methoxy groups -OCH3 is 1. The fourth-order valence-corrected chi connectivity index (χ4v) is 3.81. The van der Waals surface area contributed by atoms with Crippen molar-refractivity contribution in [2.75, 3.05) is 19.0 Å². The molecular weight excluding hydrogens is 364 g/mol. The normalized spacial score (nSPS) is 12.7. The first-order valence-corrected chi connectivity index (χ1v) is 10.1. The second kappa shape index (κ2) is 8.47. The Morgan fingerprint density at radius 1 is 1.22 bits per heavy atom. The highest BCUT2D eigenvalue weighted by molar-refractivity contribution is 7.98. The van der Waals surface area contributed by atoms with Crippen molar-refractivity contribution in [2.24, 2.45) is 5.92 Å². The van der Waals surface area contributed by atoms with E-state index in [4.69, 9.17) is 4.74 Å². The van der Waals surface area contributed by atoms with Crippen molar-refractivity contribution >= 4 is 29.4 Å². The van der Waals surface area contributed by atoms with Gasteiger partial charge in [-0.1, -0.05) is 13.8 Å². The molecule has 0 fully saturated rings. The summed E-state index contributed by atoms with van der Waals surface area (Å²) < 4.78 is 6.87. The summed E-state index contributed by atoms with van der Waals surface area (Å²) >= 11 is 1.74. The lowest BCUT2D eigenvalue weighted by Gasteiger charge is -2.12. The first kappa shape index (κ1) is 19.3. The van der Waals surface area contributed by atoms with Gasteiger partial charge in [0.1, 0.15) is 11.6 Å². The van der Waals surface area contributed by atoms with Crippen LogP contribution < -0.4 is 15.4 Å². The Morgan fingerprint density at radius 3 is 2.63 bits per heavy atom. The largest absolute Gasteiger partial charge is 0.497 e. The lowest BCUT2D eigenvalue weighted by molar-refractivity contribution is -0.136. The second-order valence-corrected chi connectivity index (χ2v) is 7.75. The summed E-state index contributed by atoms with van der Waals surface area (Å²) in [6.07, 6.45) is 0.828. The van der Waals surface area contributed by atoms with Crippen LogP contribution in [0.15, 0.2) is 24.3 Å². The van der Waals surface area contributed by atoms with Crippen molar-refractivity contribution in [1.82, 2.24) is 15.1 Å². The first-order valence-electron chi connectivity index (χ1n) is 8.91. The number of amides is 2. The average Bonchev–Trinajstić information content (AvgIpc) is 3.24. The number of ether oxygens (including phenoxy) is 1. The molecule has 0 atom stereocenters. The molecule has 3 rings (SSSR count). The molecule has 1 aromatic heterocycles. The smallest absolute Gasteiger partial charge is 0.314 e. The maximum Gasteiger partial charge on any atom is 0.314 e. The lowest BCUT2D eigenvalue weighted by atomic mass is 10.1. The Hall–Kier alpha value is -2.48. The number of hydrogen-bond donors (Lipinski definition) is 2. The van der Waals surface area contributed by atoms with Gasteiger partial charge in [0, 0.05) is 23.6 Å². The SMILES string of the molecule is COc1ccc(-n2nc3c(c2NC(=O)C(=O)NCCC(C)C)CSC3)cc1. The number of carbonyl (C=O) groups excluding carboxylic acids is 2. The molecule has 1 aliphatic rings. The van der Waals surface area contributed by atoms with Gasteiger partial charge in [0.25, 0.3) is 0 Å². The van der Waals surface area contributed by atoms with Crippen LogP contribution in [-0.4, -0.2) is 35.2 Å². The van der Waals surface area contributed by atoms with E-state index in [0.29, 0.717) is 18.3 Å². The highest BCUT2D eigenvalue weighted by Crippen LogP contribution is 2.36. The summed E-state index contributed by atoms with van der Waals surface area (Å²) in [5.41, 5.74) is 2.70. The van der Waals surface area contributed by atoms with Crippen molar-refractivity contribution in [3.8, 4) is 11.4 Å². The third-order valence-corrected chi connectivity index (χ3v) is 5.28. The van der Waals surface area contributed by atoms with E-state index in [2.05, 4.69) is 29.6 Å². The first-order chi connectivity index (χ1) is 13.0. The monoisotopic (exact) mass is 388 g/mol. The molecule has 27 heavy (non-hydrogen) atoms. The van der Waals surface area contributed by atoms with Gasteiger partial charge >= 0.3 is 11.8 Å². The van der Waals surface area contributed by atoms with E-state index >= 15 is 0 Å². The molecule has 2 N–H and O–H groups in total. The molecule has 0 saturated heterocycles. The lowest BCUT2D eigenvalue weighted by Crippen LogP contribution is -2.36. The van der Waals surface area contributed by atoms with Gasteiger partial charge in [-0.15, -0.1) is 0 Å². The number of fused-ring (bicyclic) bond motifs is 1. The molecule has 2 heterocycles. The number of hydrogen-bond acceptors (Lipinski definition) is 5. The van der Waals surface area contributed by atoms with Crippen LogP contribution in [0.3, 0.4) is 0 Å². The number of rotatable bonds is 6. The topological polar surface area (TPSA) is 85.2 Å². The van der Waals surface area contributed by atoms with Crippen LogP contribution in [0.1, 0.15) is 31.5 Å². The fourth-order valence-electron chi connectivity index (χ4n) is 2.77. The number of thioether (sulfide) groups is 1.